The fourth-order valence-corrected chi connectivity index (χ4v) is 0.512. The third-order valence-corrected chi connectivity index (χ3v) is 0.896. The molecule has 58 valence electrons. The molecule has 0 spiro atoms. The number of primary amides is 1. The molecule has 0 unspecified atom stereocenters. The lowest BCUT2D eigenvalue weighted by Crippen LogP contribution is -2.21. The van der Waals surface area contributed by atoms with E-state index in [1.54, 1.807) is 0 Å². The first-order chi connectivity index (χ1) is 5.20. The number of amides is 1. The summed E-state index contributed by atoms with van der Waals surface area (Å²) in [4.78, 5) is 26.6. The van der Waals surface area contributed by atoms with Crippen LogP contribution in [0, 0.1) is 0 Å². The van der Waals surface area contributed by atoms with Crippen molar-refractivity contribution in [2.75, 3.05) is 0 Å². The smallest absolute Gasteiger partial charge is 0.403 e. The Morgan fingerprint density at radius 1 is 1.73 bits per heavy atom. The van der Waals surface area contributed by atoms with Crippen LogP contribution in [0.5, 0.6) is 5.75 Å². The molecular weight excluding hydrogens is 150 g/mol. The second-order valence-corrected chi connectivity index (χ2v) is 1.67. The molecule has 1 amide bonds. The number of aromatic nitrogens is 2. The average Bonchev–Trinajstić information content (AvgIpc) is 1.93. The highest BCUT2D eigenvalue weighted by atomic mass is 16.5. The minimum absolute atomic E-state index is 0.208. The van der Waals surface area contributed by atoms with Gasteiger partial charge in [0.25, 0.3) is 5.56 Å². The molecule has 0 aromatic carbocycles. The van der Waals surface area contributed by atoms with E-state index in [0.717, 1.165) is 6.20 Å². The Kier molecular flexibility index (Phi) is 1.86. The molecular formula is C5H5N3O3. The fourth-order valence-electron chi connectivity index (χ4n) is 0.512. The number of H-pyrrole nitrogens is 1. The summed E-state index contributed by atoms with van der Waals surface area (Å²) in [7, 11) is 0. The molecule has 0 aliphatic heterocycles. The van der Waals surface area contributed by atoms with Crippen LogP contribution in [0.15, 0.2) is 17.3 Å². The van der Waals surface area contributed by atoms with Crippen molar-refractivity contribution in [2.45, 2.75) is 0 Å². The summed E-state index contributed by atoms with van der Waals surface area (Å²) in [6.07, 6.45) is 1.24. The van der Waals surface area contributed by atoms with Crippen molar-refractivity contribution in [1.82, 2.24) is 9.97 Å². The Hall–Kier alpha value is -1.85. The van der Waals surface area contributed by atoms with Crippen LogP contribution in [0.2, 0.25) is 0 Å². The zero-order valence-electron chi connectivity index (χ0n) is 5.40. The largest absolute Gasteiger partial charge is 0.410 e. The van der Waals surface area contributed by atoms with Gasteiger partial charge in [-0.15, -0.1) is 0 Å². The Morgan fingerprint density at radius 3 is 3.00 bits per heavy atom. The van der Waals surface area contributed by atoms with Gasteiger partial charge in [0.15, 0.2) is 0 Å². The van der Waals surface area contributed by atoms with Gasteiger partial charge in [-0.2, -0.15) is 0 Å². The number of hydrogen-bond acceptors (Lipinski definition) is 4. The first-order valence-electron chi connectivity index (χ1n) is 2.70. The zero-order valence-corrected chi connectivity index (χ0v) is 5.40. The van der Waals surface area contributed by atoms with Crippen molar-refractivity contribution in [3.63, 3.8) is 0 Å². The monoisotopic (exact) mass is 155 g/mol. The van der Waals surface area contributed by atoms with Gasteiger partial charge in [-0.05, 0) is 0 Å². The molecule has 0 fully saturated rings. The van der Waals surface area contributed by atoms with E-state index in [-0.39, 0.29) is 5.75 Å². The van der Waals surface area contributed by atoms with Crippen molar-refractivity contribution in [2.24, 2.45) is 5.73 Å². The van der Waals surface area contributed by atoms with Crippen LogP contribution < -0.4 is 16.0 Å². The molecule has 0 bridgehead atoms. The van der Waals surface area contributed by atoms with E-state index in [1.807, 2.05) is 0 Å². The van der Waals surface area contributed by atoms with Crippen molar-refractivity contribution < 1.29 is 9.53 Å². The van der Waals surface area contributed by atoms with Crippen LogP contribution in [0.3, 0.4) is 0 Å². The van der Waals surface area contributed by atoms with Crippen molar-refractivity contribution >= 4 is 6.09 Å². The van der Waals surface area contributed by atoms with Gasteiger partial charge in [0.2, 0.25) is 5.75 Å². The second-order valence-electron chi connectivity index (χ2n) is 1.67. The lowest BCUT2D eigenvalue weighted by atomic mass is 10.6. The Labute approximate surface area is 61.0 Å². The van der Waals surface area contributed by atoms with Gasteiger partial charge >= 0.3 is 6.09 Å². The summed E-state index contributed by atoms with van der Waals surface area (Å²) < 4.78 is 4.28. The molecule has 0 aliphatic carbocycles. The highest BCUT2D eigenvalue weighted by Crippen LogP contribution is 1.95. The van der Waals surface area contributed by atoms with E-state index in [4.69, 9.17) is 0 Å². The highest BCUT2D eigenvalue weighted by molar-refractivity contribution is 5.67. The summed E-state index contributed by atoms with van der Waals surface area (Å²) >= 11 is 0. The van der Waals surface area contributed by atoms with Crippen molar-refractivity contribution in [1.29, 1.82) is 0 Å². The highest BCUT2D eigenvalue weighted by Gasteiger charge is 2.01. The van der Waals surface area contributed by atoms with E-state index in [0.29, 0.717) is 0 Å². The third kappa shape index (κ3) is 1.78. The fraction of sp³-hybridized carbons (Fsp3) is 0. The second kappa shape index (κ2) is 2.82. The van der Waals surface area contributed by atoms with Gasteiger partial charge in [-0.1, -0.05) is 0 Å². The predicted octanol–water partition coefficient (Wildman–Crippen LogP) is -0.773. The molecule has 0 atom stereocenters. The molecule has 6 heteroatoms. The number of hydrogen-bond donors (Lipinski definition) is 2. The Bertz CT molecular complexity index is 319. The topological polar surface area (TPSA) is 98.1 Å². The van der Waals surface area contributed by atoms with E-state index in [2.05, 4.69) is 20.4 Å². The number of carbonyl (C=O) groups excluding carboxylic acids is 1. The molecule has 0 saturated heterocycles. The van der Waals surface area contributed by atoms with Crippen LogP contribution in [-0.2, 0) is 0 Å². The molecule has 1 rings (SSSR count). The molecule has 1 heterocycles. The summed E-state index contributed by atoms with van der Waals surface area (Å²) in [5.74, 6) is -0.208. The van der Waals surface area contributed by atoms with Crippen LogP contribution >= 0.6 is 0 Å². The Morgan fingerprint density at radius 2 is 2.45 bits per heavy atom. The molecule has 0 aliphatic rings. The van der Waals surface area contributed by atoms with E-state index in [1.165, 1.54) is 6.33 Å². The van der Waals surface area contributed by atoms with Crippen molar-refractivity contribution in [3.05, 3.63) is 22.9 Å². The van der Waals surface area contributed by atoms with E-state index < -0.39 is 11.7 Å². The lowest BCUT2D eigenvalue weighted by molar-refractivity contribution is 0.210. The molecule has 1 aromatic rings. The SMILES string of the molecule is NC(=O)Oc1cnc[nH]c1=O. The molecule has 3 N–H and O–H groups in total. The number of rotatable bonds is 1. The molecule has 0 saturated carbocycles. The quantitative estimate of drug-likeness (QED) is 0.556. The average molecular weight is 155 g/mol. The molecule has 0 radical (unpaired) electrons. The first-order valence-corrected chi connectivity index (χ1v) is 2.70. The van der Waals surface area contributed by atoms with E-state index in [9.17, 15) is 9.59 Å². The van der Waals surface area contributed by atoms with E-state index >= 15 is 0 Å². The maximum absolute atomic E-state index is 10.7. The standard InChI is InChI=1S/C5H5N3O3/c6-5(10)11-3-1-7-2-8-4(3)9/h1-2H,(H2,6,10)(H,7,8,9). The summed E-state index contributed by atoms with van der Waals surface area (Å²) in [6, 6.07) is 0. The van der Waals surface area contributed by atoms with Gasteiger partial charge in [-0.3, -0.25) is 4.79 Å². The molecule has 11 heavy (non-hydrogen) atoms. The van der Waals surface area contributed by atoms with Gasteiger partial charge in [0, 0.05) is 0 Å². The van der Waals surface area contributed by atoms with Crippen LogP contribution in [0.4, 0.5) is 4.79 Å². The zero-order chi connectivity index (χ0) is 8.27. The van der Waals surface area contributed by atoms with Crippen LogP contribution in [-0.4, -0.2) is 16.1 Å². The van der Waals surface area contributed by atoms with Gasteiger partial charge in [0.1, 0.15) is 0 Å². The number of nitrogens with one attached hydrogen (secondary N) is 1. The maximum atomic E-state index is 10.7. The maximum Gasteiger partial charge on any atom is 0.410 e. The van der Waals surface area contributed by atoms with Crippen molar-refractivity contribution in [3.8, 4) is 5.75 Å². The van der Waals surface area contributed by atoms with Gasteiger partial charge < -0.3 is 15.5 Å². The summed E-state index contributed by atoms with van der Waals surface area (Å²) in [5.41, 5.74) is 4.11. The normalized spacial score (nSPS) is 9.09. The number of aromatic amines is 1. The van der Waals surface area contributed by atoms with Crippen LogP contribution in [0.25, 0.3) is 0 Å². The number of nitrogens with zero attached hydrogens (tertiary/aromatic N) is 1. The minimum Gasteiger partial charge on any atom is -0.403 e. The van der Waals surface area contributed by atoms with Crippen LogP contribution in [0.1, 0.15) is 0 Å². The molecule has 1 aromatic heterocycles. The number of ether oxygens (including phenoxy) is 1. The summed E-state index contributed by atoms with van der Waals surface area (Å²) in [6.45, 7) is 0. The minimum atomic E-state index is -1.04. The summed E-state index contributed by atoms with van der Waals surface area (Å²) in [5, 5.41) is 0. The number of carbonyl (C=O) groups is 1. The first kappa shape index (κ1) is 7.26. The predicted molar refractivity (Wildman–Crippen MR) is 35.1 cm³/mol. The number of nitrogens with two attached hydrogens (primary N) is 1. The third-order valence-electron chi connectivity index (χ3n) is 0.896. The van der Waals surface area contributed by atoms with Gasteiger partial charge in [0.05, 0.1) is 12.5 Å². The molecule has 6 nitrogen and oxygen atoms in total. The van der Waals surface area contributed by atoms with Gasteiger partial charge in [-0.25, -0.2) is 9.78 Å². The Balaban J connectivity index is 2.95. The lowest BCUT2D eigenvalue weighted by Gasteiger charge is -1.95.